The molecule has 19 heavy (non-hydrogen) atoms. The summed E-state index contributed by atoms with van der Waals surface area (Å²) in [7, 11) is 0. The van der Waals surface area contributed by atoms with E-state index >= 15 is 0 Å². The molecule has 0 heterocycles. The fourth-order valence-electron chi connectivity index (χ4n) is 1.57. The molecular formula is C15H12BrNO2. The van der Waals surface area contributed by atoms with E-state index in [0.29, 0.717) is 0 Å². The van der Waals surface area contributed by atoms with Crippen LogP contribution in [0.5, 0.6) is 0 Å². The maximum Gasteiger partial charge on any atom is 0.307 e. The molecule has 2 aromatic rings. The van der Waals surface area contributed by atoms with E-state index in [9.17, 15) is 4.79 Å². The number of halogens is 1. The lowest BCUT2D eigenvalue weighted by atomic mass is 10.1. The number of carboxylic acid groups (broad SMARTS) is 1. The number of nitrogens with zero attached hydrogens (tertiary/aromatic N) is 1. The van der Waals surface area contributed by atoms with Gasteiger partial charge in [0, 0.05) is 10.7 Å². The van der Waals surface area contributed by atoms with Crippen molar-refractivity contribution in [2.75, 3.05) is 0 Å². The molecule has 0 aromatic heterocycles. The number of hydrogen-bond donors (Lipinski definition) is 1. The molecule has 1 N–H and O–H groups in total. The highest BCUT2D eigenvalue weighted by Gasteiger charge is 1.99. The summed E-state index contributed by atoms with van der Waals surface area (Å²) in [4.78, 5) is 14.9. The van der Waals surface area contributed by atoms with Crippen LogP contribution in [0.25, 0.3) is 0 Å². The van der Waals surface area contributed by atoms with Gasteiger partial charge in [0.25, 0.3) is 0 Å². The van der Waals surface area contributed by atoms with Crippen molar-refractivity contribution in [3.8, 4) is 0 Å². The number of rotatable bonds is 4. The number of carboxylic acids is 1. The molecule has 0 unspecified atom stereocenters. The average Bonchev–Trinajstić information content (AvgIpc) is 2.39. The Morgan fingerprint density at radius 2 is 1.74 bits per heavy atom. The Bertz CT molecular complexity index is 589. The van der Waals surface area contributed by atoms with Gasteiger partial charge in [-0.25, -0.2) is 0 Å². The van der Waals surface area contributed by atoms with Crippen molar-refractivity contribution in [2.45, 2.75) is 6.42 Å². The lowest BCUT2D eigenvalue weighted by Gasteiger charge is -1.98. The van der Waals surface area contributed by atoms with Crippen molar-refractivity contribution >= 4 is 33.8 Å². The van der Waals surface area contributed by atoms with Crippen LogP contribution in [-0.2, 0) is 11.2 Å². The van der Waals surface area contributed by atoms with Crippen molar-refractivity contribution < 1.29 is 9.90 Å². The number of hydrogen-bond acceptors (Lipinski definition) is 2. The van der Waals surface area contributed by atoms with E-state index in [2.05, 4.69) is 20.9 Å². The zero-order chi connectivity index (χ0) is 13.7. The standard InChI is InChI=1S/C15H12BrNO2/c16-13-5-1-12(2-6-13)10-17-14-7-3-11(4-8-14)9-15(18)19/h1-8,10H,9H2,(H,18,19). The topological polar surface area (TPSA) is 49.7 Å². The van der Waals surface area contributed by atoms with Gasteiger partial charge < -0.3 is 5.11 Å². The van der Waals surface area contributed by atoms with E-state index in [1.54, 1.807) is 18.3 Å². The molecule has 2 aromatic carbocycles. The SMILES string of the molecule is O=C(O)Cc1ccc(N=Cc2ccc(Br)cc2)cc1. The fourth-order valence-corrected chi connectivity index (χ4v) is 1.84. The first-order chi connectivity index (χ1) is 9.13. The molecule has 0 aliphatic rings. The number of aliphatic carboxylic acids is 1. The monoisotopic (exact) mass is 317 g/mol. The van der Waals surface area contributed by atoms with E-state index in [1.807, 2.05) is 36.4 Å². The molecule has 2 rings (SSSR count). The molecule has 0 aliphatic carbocycles. The third-order valence-electron chi connectivity index (χ3n) is 2.52. The predicted octanol–water partition coefficient (Wildman–Crippen LogP) is 3.83. The van der Waals surface area contributed by atoms with E-state index in [4.69, 9.17) is 5.11 Å². The predicted molar refractivity (Wildman–Crippen MR) is 79.2 cm³/mol. The quantitative estimate of drug-likeness (QED) is 0.871. The molecule has 0 saturated carbocycles. The van der Waals surface area contributed by atoms with Gasteiger partial charge in [-0.1, -0.05) is 40.2 Å². The zero-order valence-electron chi connectivity index (χ0n) is 10.1. The van der Waals surface area contributed by atoms with Gasteiger partial charge in [0.2, 0.25) is 0 Å². The van der Waals surface area contributed by atoms with E-state index in [1.165, 1.54) is 0 Å². The third-order valence-corrected chi connectivity index (χ3v) is 3.05. The van der Waals surface area contributed by atoms with Crippen LogP contribution in [-0.4, -0.2) is 17.3 Å². The van der Waals surface area contributed by atoms with Crippen LogP contribution in [0.3, 0.4) is 0 Å². The molecule has 0 fully saturated rings. The van der Waals surface area contributed by atoms with Crippen LogP contribution in [0, 0.1) is 0 Å². The Labute approximate surface area is 119 Å². The summed E-state index contributed by atoms with van der Waals surface area (Å²) in [6.07, 6.45) is 1.81. The lowest BCUT2D eigenvalue weighted by molar-refractivity contribution is -0.136. The van der Waals surface area contributed by atoms with Crippen LogP contribution in [0.2, 0.25) is 0 Å². The number of aliphatic imine (C=N–C) groups is 1. The zero-order valence-corrected chi connectivity index (χ0v) is 11.7. The average molecular weight is 318 g/mol. The van der Waals surface area contributed by atoms with Crippen molar-refractivity contribution in [2.24, 2.45) is 4.99 Å². The normalized spacial score (nSPS) is 10.8. The van der Waals surface area contributed by atoms with Crippen LogP contribution < -0.4 is 0 Å². The van der Waals surface area contributed by atoms with Gasteiger partial charge in [-0.05, 0) is 35.4 Å². The van der Waals surface area contributed by atoms with E-state index in [0.717, 1.165) is 21.3 Å². The van der Waals surface area contributed by atoms with Crippen molar-refractivity contribution in [1.29, 1.82) is 0 Å². The Kier molecular flexibility index (Phi) is 4.47. The van der Waals surface area contributed by atoms with Gasteiger partial charge in [0.1, 0.15) is 0 Å². The van der Waals surface area contributed by atoms with Gasteiger partial charge in [0.15, 0.2) is 0 Å². The highest BCUT2D eigenvalue weighted by molar-refractivity contribution is 9.10. The molecule has 0 bridgehead atoms. The van der Waals surface area contributed by atoms with Gasteiger partial charge >= 0.3 is 5.97 Å². The van der Waals surface area contributed by atoms with E-state index < -0.39 is 5.97 Å². The summed E-state index contributed by atoms with van der Waals surface area (Å²) in [5.41, 5.74) is 2.59. The third kappa shape index (κ3) is 4.34. The summed E-state index contributed by atoms with van der Waals surface area (Å²) < 4.78 is 1.03. The van der Waals surface area contributed by atoms with Crippen LogP contribution in [0.4, 0.5) is 5.69 Å². The minimum Gasteiger partial charge on any atom is -0.481 e. The minimum atomic E-state index is -0.828. The molecule has 0 atom stereocenters. The van der Waals surface area contributed by atoms with Gasteiger partial charge in [-0.3, -0.25) is 9.79 Å². The van der Waals surface area contributed by atoms with E-state index in [-0.39, 0.29) is 6.42 Å². The highest BCUT2D eigenvalue weighted by atomic mass is 79.9. The Morgan fingerprint density at radius 3 is 2.32 bits per heavy atom. The second-order valence-corrected chi connectivity index (χ2v) is 4.96. The smallest absolute Gasteiger partial charge is 0.307 e. The maximum absolute atomic E-state index is 10.6. The van der Waals surface area contributed by atoms with Crippen LogP contribution in [0.1, 0.15) is 11.1 Å². The van der Waals surface area contributed by atoms with Gasteiger partial charge in [0.05, 0.1) is 12.1 Å². The Morgan fingerprint density at radius 1 is 1.11 bits per heavy atom. The van der Waals surface area contributed by atoms with Crippen LogP contribution >= 0.6 is 15.9 Å². The molecule has 4 heteroatoms. The second-order valence-electron chi connectivity index (χ2n) is 4.05. The summed E-state index contributed by atoms with van der Waals surface area (Å²) in [6.45, 7) is 0. The fraction of sp³-hybridized carbons (Fsp3) is 0.0667. The highest BCUT2D eigenvalue weighted by Crippen LogP contribution is 2.14. The number of benzene rings is 2. The Hall–Kier alpha value is -1.94. The largest absolute Gasteiger partial charge is 0.481 e. The second kappa shape index (κ2) is 6.29. The van der Waals surface area contributed by atoms with Gasteiger partial charge in [-0.2, -0.15) is 0 Å². The molecule has 0 aliphatic heterocycles. The molecule has 0 spiro atoms. The van der Waals surface area contributed by atoms with Gasteiger partial charge in [-0.15, -0.1) is 0 Å². The Balaban J connectivity index is 2.06. The molecule has 96 valence electrons. The first-order valence-electron chi connectivity index (χ1n) is 5.74. The maximum atomic E-state index is 10.6. The molecule has 0 saturated heterocycles. The van der Waals surface area contributed by atoms with Crippen molar-refractivity contribution in [1.82, 2.24) is 0 Å². The minimum absolute atomic E-state index is 0.0384. The summed E-state index contributed by atoms with van der Waals surface area (Å²) in [6, 6.07) is 15.0. The van der Waals surface area contributed by atoms with Crippen LogP contribution in [0.15, 0.2) is 58.0 Å². The summed E-state index contributed by atoms with van der Waals surface area (Å²) in [5, 5.41) is 8.68. The lowest BCUT2D eigenvalue weighted by Crippen LogP contribution is -1.99. The molecule has 0 radical (unpaired) electrons. The van der Waals surface area contributed by atoms with Crippen molar-refractivity contribution in [3.63, 3.8) is 0 Å². The first-order valence-corrected chi connectivity index (χ1v) is 6.53. The summed E-state index contributed by atoms with van der Waals surface area (Å²) in [5.74, 6) is -0.828. The van der Waals surface area contributed by atoms with Crippen molar-refractivity contribution in [3.05, 3.63) is 64.1 Å². The first kappa shape index (κ1) is 13.5. The molecule has 3 nitrogen and oxygen atoms in total. The summed E-state index contributed by atoms with van der Waals surface area (Å²) >= 11 is 3.38. The molecular weight excluding hydrogens is 306 g/mol. The molecule has 0 amide bonds. The number of carbonyl (C=O) groups is 1.